The highest BCUT2D eigenvalue weighted by Gasteiger charge is 2.08. The summed E-state index contributed by atoms with van der Waals surface area (Å²) in [6.07, 6.45) is 0. The van der Waals surface area contributed by atoms with Gasteiger partial charge < -0.3 is 19.8 Å². The summed E-state index contributed by atoms with van der Waals surface area (Å²) in [5.74, 6) is -2.39. The van der Waals surface area contributed by atoms with E-state index in [9.17, 15) is 19.8 Å². The maximum atomic E-state index is 10.2. The van der Waals surface area contributed by atoms with Crippen molar-refractivity contribution in [1.82, 2.24) is 0 Å². The Labute approximate surface area is 78.1 Å². The SMILES string of the molecule is CC(SSC(C)C(=O)[O-])C(=O)[O-]. The van der Waals surface area contributed by atoms with Crippen molar-refractivity contribution in [2.24, 2.45) is 0 Å². The maximum absolute atomic E-state index is 10.2. The van der Waals surface area contributed by atoms with Gasteiger partial charge in [0.1, 0.15) is 0 Å². The lowest BCUT2D eigenvalue weighted by Gasteiger charge is -2.15. The zero-order chi connectivity index (χ0) is 9.72. The molecule has 0 aromatic heterocycles. The van der Waals surface area contributed by atoms with E-state index < -0.39 is 22.4 Å². The van der Waals surface area contributed by atoms with Gasteiger partial charge in [-0.25, -0.2) is 0 Å². The minimum absolute atomic E-state index is 0.711. The number of carbonyl (C=O) groups excluding carboxylic acids is 2. The molecule has 0 aromatic rings. The Morgan fingerprint density at radius 3 is 1.42 bits per heavy atom. The van der Waals surface area contributed by atoms with Gasteiger partial charge in [0.15, 0.2) is 0 Å². The Balaban J connectivity index is 3.68. The van der Waals surface area contributed by atoms with Gasteiger partial charge in [0.05, 0.1) is 22.4 Å². The second-order valence-electron chi connectivity index (χ2n) is 2.11. The molecule has 0 aliphatic carbocycles. The fraction of sp³-hybridized carbons (Fsp3) is 0.667. The second kappa shape index (κ2) is 5.31. The monoisotopic (exact) mass is 208 g/mol. The first-order valence-corrected chi connectivity index (χ1v) is 5.46. The molecule has 4 nitrogen and oxygen atoms in total. The average Bonchev–Trinajstić information content (AvgIpc) is 1.98. The molecular formula is C6H8O4S2-2. The van der Waals surface area contributed by atoms with Gasteiger partial charge >= 0.3 is 0 Å². The van der Waals surface area contributed by atoms with Gasteiger partial charge in [-0.15, -0.1) is 0 Å². The Morgan fingerprint density at radius 2 is 1.25 bits per heavy atom. The molecule has 0 heterocycles. The molecule has 0 aliphatic heterocycles. The van der Waals surface area contributed by atoms with E-state index in [1.165, 1.54) is 13.8 Å². The van der Waals surface area contributed by atoms with Crippen molar-refractivity contribution < 1.29 is 19.8 Å². The van der Waals surface area contributed by atoms with E-state index in [4.69, 9.17) is 0 Å². The second-order valence-corrected chi connectivity index (χ2v) is 5.07. The van der Waals surface area contributed by atoms with Crippen LogP contribution < -0.4 is 10.2 Å². The van der Waals surface area contributed by atoms with Crippen LogP contribution in [0.2, 0.25) is 0 Å². The molecule has 0 spiro atoms. The molecule has 2 unspecified atom stereocenters. The quantitative estimate of drug-likeness (QED) is 0.519. The van der Waals surface area contributed by atoms with E-state index in [1.54, 1.807) is 0 Å². The topological polar surface area (TPSA) is 80.3 Å². The van der Waals surface area contributed by atoms with Gasteiger partial charge in [-0.1, -0.05) is 21.6 Å². The Bertz CT molecular complexity index is 162. The van der Waals surface area contributed by atoms with E-state index in [0.717, 1.165) is 21.6 Å². The van der Waals surface area contributed by atoms with E-state index in [2.05, 4.69) is 0 Å². The summed E-state index contributed by atoms with van der Waals surface area (Å²) in [5.41, 5.74) is 0. The van der Waals surface area contributed by atoms with Gasteiger partial charge in [-0.05, 0) is 13.8 Å². The summed E-state index contributed by atoms with van der Waals surface area (Å²) in [4.78, 5) is 20.3. The molecule has 0 radical (unpaired) electrons. The van der Waals surface area contributed by atoms with Crippen LogP contribution in [-0.4, -0.2) is 22.4 Å². The summed E-state index contributed by atoms with van der Waals surface area (Å²) in [7, 11) is 1.91. The highest BCUT2D eigenvalue weighted by atomic mass is 33.1. The van der Waals surface area contributed by atoms with Gasteiger partial charge in [-0.2, -0.15) is 0 Å². The summed E-state index contributed by atoms with van der Waals surface area (Å²) >= 11 is 0. The highest BCUT2D eigenvalue weighted by Crippen LogP contribution is 2.30. The molecule has 0 fully saturated rings. The van der Waals surface area contributed by atoms with Crippen LogP contribution in [0.25, 0.3) is 0 Å². The molecule has 0 bridgehead atoms. The Morgan fingerprint density at radius 1 is 1.00 bits per heavy atom. The molecule has 0 aliphatic rings. The van der Waals surface area contributed by atoms with Crippen LogP contribution in [0.1, 0.15) is 13.8 Å². The van der Waals surface area contributed by atoms with Crippen LogP contribution >= 0.6 is 21.6 Å². The Kier molecular flexibility index (Phi) is 5.16. The third-order valence-corrected chi connectivity index (χ3v) is 4.15. The molecule has 70 valence electrons. The van der Waals surface area contributed by atoms with Gasteiger partial charge in [0.2, 0.25) is 0 Å². The van der Waals surface area contributed by atoms with E-state index in [1.807, 2.05) is 0 Å². The molecule has 0 saturated carbocycles. The number of carbonyl (C=O) groups is 2. The largest absolute Gasteiger partial charge is 0.549 e. The third-order valence-electron chi connectivity index (χ3n) is 1.01. The van der Waals surface area contributed by atoms with Gasteiger partial charge in [0.25, 0.3) is 0 Å². The van der Waals surface area contributed by atoms with E-state index >= 15 is 0 Å². The number of hydrogen-bond donors (Lipinski definition) is 0. The van der Waals surface area contributed by atoms with Crippen LogP contribution in [0.4, 0.5) is 0 Å². The first-order valence-electron chi connectivity index (χ1n) is 3.19. The average molecular weight is 208 g/mol. The Hall–Kier alpha value is -0.360. The van der Waals surface area contributed by atoms with Crippen molar-refractivity contribution in [3.8, 4) is 0 Å². The third kappa shape index (κ3) is 4.50. The molecular weight excluding hydrogens is 200 g/mol. The van der Waals surface area contributed by atoms with Crippen molar-refractivity contribution in [3.63, 3.8) is 0 Å². The predicted octanol–water partition coefficient (Wildman–Crippen LogP) is -1.36. The minimum atomic E-state index is -1.20. The predicted molar refractivity (Wildman–Crippen MR) is 44.1 cm³/mol. The maximum Gasteiger partial charge on any atom is 0.0550 e. The lowest BCUT2D eigenvalue weighted by Crippen LogP contribution is -2.33. The lowest BCUT2D eigenvalue weighted by atomic mass is 10.5. The van der Waals surface area contributed by atoms with Crippen molar-refractivity contribution in [2.45, 2.75) is 24.3 Å². The zero-order valence-electron chi connectivity index (χ0n) is 6.60. The van der Waals surface area contributed by atoms with Crippen molar-refractivity contribution in [1.29, 1.82) is 0 Å². The molecule has 2 atom stereocenters. The first-order chi connectivity index (χ1) is 5.45. The van der Waals surface area contributed by atoms with Crippen molar-refractivity contribution >= 4 is 33.5 Å². The molecule has 0 N–H and O–H groups in total. The smallest absolute Gasteiger partial charge is 0.0550 e. The molecule has 0 amide bonds. The van der Waals surface area contributed by atoms with Gasteiger partial charge in [-0.3, -0.25) is 0 Å². The number of carboxylic acid groups (broad SMARTS) is 2. The first kappa shape index (κ1) is 11.6. The van der Waals surface area contributed by atoms with Crippen LogP contribution in [-0.2, 0) is 9.59 Å². The van der Waals surface area contributed by atoms with Crippen LogP contribution in [0, 0.1) is 0 Å². The normalized spacial score (nSPS) is 15.2. The summed E-state index contributed by atoms with van der Waals surface area (Å²) in [6.45, 7) is 2.88. The number of hydrogen-bond acceptors (Lipinski definition) is 6. The van der Waals surface area contributed by atoms with Crippen LogP contribution in [0.5, 0.6) is 0 Å². The van der Waals surface area contributed by atoms with Crippen molar-refractivity contribution in [2.75, 3.05) is 0 Å². The molecule has 12 heavy (non-hydrogen) atoms. The van der Waals surface area contributed by atoms with E-state index in [0.29, 0.717) is 0 Å². The summed E-state index contributed by atoms with van der Waals surface area (Å²) in [5, 5.41) is 18.9. The fourth-order valence-electron chi connectivity index (χ4n) is 0.245. The molecule has 0 rings (SSSR count). The molecule has 0 saturated heterocycles. The minimum Gasteiger partial charge on any atom is -0.549 e. The molecule has 0 aromatic carbocycles. The number of carboxylic acids is 2. The number of aliphatic carboxylic acids is 2. The summed E-state index contributed by atoms with van der Waals surface area (Å²) in [6, 6.07) is 0. The van der Waals surface area contributed by atoms with E-state index in [-0.39, 0.29) is 0 Å². The molecule has 6 heteroatoms. The number of rotatable bonds is 5. The van der Waals surface area contributed by atoms with Crippen molar-refractivity contribution in [3.05, 3.63) is 0 Å². The van der Waals surface area contributed by atoms with Crippen LogP contribution in [0.15, 0.2) is 0 Å². The summed E-state index contributed by atoms with van der Waals surface area (Å²) < 4.78 is 0. The van der Waals surface area contributed by atoms with Gasteiger partial charge in [0, 0.05) is 0 Å². The lowest BCUT2D eigenvalue weighted by molar-refractivity contribution is -0.305. The zero-order valence-corrected chi connectivity index (χ0v) is 8.24. The fourth-order valence-corrected chi connectivity index (χ4v) is 2.21. The van der Waals surface area contributed by atoms with Crippen LogP contribution in [0.3, 0.4) is 0 Å². The highest BCUT2D eigenvalue weighted by molar-refractivity contribution is 8.77. The standard InChI is InChI=1S/C6H10O4S2/c1-3(5(7)8)11-12-4(2)6(9)10/h3-4H,1-2H3,(H,7,8)(H,9,10)/p-2.